The van der Waals surface area contributed by atoms with Gasteiger partial charge in [-0.2, -0.15) is 0 Å². The van der Waals surface area contributed by atoms with Crippen LogP contribution in [0.4, 0.5) is 8.78 Å². The third-order valence-corrected chi connectivity index (χ3v) is 9.32. The Kier molecular flexibility index (Phi) is 7.69. The fourth-order valence-corrected chi connectivity index (χ4v) is 7.06. The first-order valence-corrected chi connectivity index (χ1v) is 15.4. The maximum Gasteiger partial charge on any atom is 0.261 e. The number of carbonyl (C=O) groups excluding carboxylic acids is 2. The van der Waals surface area contributed by atoms with Crippen molar-refractivity contribution < 1.29 is 32.3 Å². The zero-order chi connectivity index (χ0) is 30.4. The number of aromatic nitrogens is 3. The molecule has 0 spiro atoms. The van der Waals surface area contributed by atoms with Gasteiger partial charge in [-0.1, -0.05) is 6.07 Å². The van der Waals surface area contributed by atoms with Crippen LogP contribution in [0.3, 0.4) is 0 Å². The minimum absolute atomic E-state index is 0.00996. The van der Waals surface area contributed by atoms with Gasteiger partial charge in [-0.25, -0.2) is 8.78 Å². The summed E-state index contributed by atoms with van der Waals surface area (Å²) in [7, 11) is 0. The van der Waals surface area contributed by atoms with Gasteiger partial charge in [0.15, 0.2) is 11.6 Å². The van der Waals surface area contributed by atoms with E-state index in [1.165, 1.54) is 17.4 Å². The summed E-state index contributed by atoms with van der Waals surface area (Å²) in [6.07, 6.45) is 3.26. The van der Waals surface area contributed by atoms with Crippen LogP contribution in [0.1, 0.15) is 74.6 Å². The highest BCUT2D eigenvalue weighted by Gasteiger charge is 2.45. The number of thiophene rings is 1. The first-order chi connectivity index (χ1) is 21.4. The Labute approximate surface area is 255 Å². The number of hydrogen-bond donors (Lipinski definition) is 1. The SMILES string of the molecule is Cc1nnc(-c2c(COC3CCOCC3)nc3c(c2-c2ccc(C(=O)NCc4ccc(F)c(F)c4)s2)C(=O)N2CCCC32)o1. The number of halogens is 2. The average molecular weight is 622 g/mol. The van der Waals surface area contributed by atoms with Gasteiger partial charge in [0.1, 0.15) is 0 Å². The third kappa shape index (κ3) is 5.29. The molecule has 228 valence electrons. The van der Waals surface area contributed by atoms with Gasteiger partial charge < -0.3 is 24.1 Å². The van der Waals surface area contributed by atoms with Crippen LogP contribution < -0.4 is 5.32 Å². The van der Waals surface area contributed by atoms with Crippen LogP contribution in [0, 0.1) is 18.6 Å². The molecule has 4 aromatic rings. The molecule has 3 aliphatic rings. The highest BCUT2D eigenvalue weighted by Crippen LogP contribution is 2.49. The number of carbonyl (C=O) groups is 2. The van der Waals surface area contributed by atoms with E-state index in [0.29, 0.717) is 69.0 Å². The highest BCUT2D eigenvalue weighted by molar-refractivity contribution is 7.17. The van der Waals surface area contributed by atoms with E-state index >= 15 is 0 Å². The van der Waals surface area contributed by atoms with E-state index in [-0.39, 0.29) is 43.0 Å². The highest BCUT2D eigenvalue weighted by atomic mass is 32.1. The smallest absolute Gasteiger partial charge is 0.261 e. The van der Waals surface area contributed by atoms with Gasteiger partial charge in [-0.05, 0) is 55.5 Å². The summed E-state index contributed by atoms with van der Waals surface area (Å²) in [4.78, 5) is 35.0. The maximum atomic E-state index is 13.9. The maximum absolute atomic E-state index is 13.9. The molecule has 10 nitrogen and oxygen atoms in total. The van der Waals surface area contributed by atoms with Crippen LogP contribution in [-0.2, 0) is 22.6 Å². The Balaban J connectivity index is 1.29. The number of rotatable bonds is 8. The number of aryl methyl sites for hydroxylation is 1. The van der Waals surface area contributed by atoms with Gasteiger partial charge in [0.2, 0.25) is 11.8 Å². The molecule has 3 aliphatic heterocycles. The van der Waals surface area contributed by atoms with Crippen LogP contribution in [-0.4, -0.2) is 57.8 Å². The Hall–Kier alpha value is -4.07. The van der Waals surface area contributed by atoms with Crippen molar-refractivity contribution in [3.8, 4) is 21.9 Å². The number of amides is 2. The van der Waals surface area contributed by atoms with E-state index < -0.39 is 11.6 Å². The van der Waals surface area contributed by atoms with Crippen molar-refractivity contribution in [2.45, 2.75) is 57.9 Å². The molecule has 6 heterocycles. The molecule has 1 unspecified atom stereocenters. The Morgan fingerprint density at radius 2 is 1.93 bits per heavy atom. The number of nitrogens with one attached hydrogen (secondary N) is 1. The summed E-state index contributed by atoms with van der Waals surface area (Å²) >= 11 is 1.21. The average Bonchev–Trinajstić information content (AvgIpc) is 3.84. The first-order valence-electron chi connectivity index (χ1n) is 14.6. The monoisotopic (exact) mass is 621 g/mol. The molecule has 3 aromatic heterocycles. The molecule has 0 radical (unpaired) electrons. The van der Waals surface area contributed by atoms with Gasteiger partial charge in [0.05, 0.1) is 46.1 Å². The van der Waals surface area contributed by atoms with E-state index in [4.69, 9.17) is 18.9 Å². The number of benzene rings is 1. The second-order valence-electron chi connectivity index (χ2n) is 11.1. The van der Waals surface area contributed by atoms with E-state index in [1.54, 1.807) is 19.1 Å². The fraction of sp³-hybridized carbons (Fsp3) is 0.387. The minimum atomic E-state index is -0.979. The number of fused-ring (bicyclic) bond motifs is 3. The van der Waals surface area contributed by atoms with Crippen molar-refractivity contribution in [2.24, 2.45) is 0 Å². The third-order valence-electron chi connectivity index (χ3n) is 8.22. The Morgan fingerprint density at radius 1 is 1.09 bits per heavy atom. The van der Waals surface area contributed by atoms with Crippen LogP contribution in [0.5, 0.6) is 0 Å². The molecule has 1 atom stereocenters. The molecule has 0 saturated carbocycles. The zero-order valence-corrected chi connectivity index (χ0v) is 24.7. The van der Waals surface area contributed by atoms with Crippen molar-refractivity contribution in [1.29, 1.82) is 0 Å². The minimum Gasteiger partial charge on any atom is -0.421 e. The van der Waals surface area contributed by atoms with Crippen molar-refractivity contribution in [2.75, 3.05) is 19.8 Å². The number of ether oxygens (including phenoxy) is 2. The lowest BCUT2D eigenvalue weighted by Gasteiger charge is -2.23. The number of pyridine rings is 1. The predicted molar refractivity (Wildman–Crippen MR) is 155 cm³/mol. The molecule has 13 heteroatoms. The summed E-state index contributed by atoms with van der Waals surface area (Å²) in [5.74, 6) is -1.85. The molecule has 2 saturated heterocycles. The van der Waals surface area contributed by atoms with Gasteiger partial charge in [-0.15, -0.1) is 21.5 Å². The van der Waals surface area contributed by atoms with E-state index in [9.17, 15) is 18.4 Å². The molecule has 2 amide bonds. The van der Waals surface area contributed by atoms with Crippen LogP contribution in [0.2, 0.25) is 0 Å². The van der Waals surface area contributed by atoms with E-state index in [1.807, 2.05) is 4.90 Å². The molecule has 1 N–H and O–H groups in total. The number of nitrogens with zero attached hydrogens (tertiary/aromatic N) is 4. The standard InChI is InChI=1S/C31H29F2N5O5S/c1-16-36-37-30(43-16)25-21(15-42-18-8-11-41-12-9-18)35-28-22-3-2-10-38(22)31(40)27(28)26(25)23-6-7-24(44-23)29(39)34-14-17-4-5-19(32)20(33)13-17/h4-7,13,18,22H,2-3,8-12,14-15H2,1H3,(H,34,39). The second kappa shape index (κ2) is 11.8. The Morgan fingerprint density at radius 3 is 2.70 bits per heavy atom. The summed E-state index contributed by atoms with van der Waals surface area (Å²) in [5.41, 5.74) is 3.30. The molecule has 1 aromatic carbocycles. The van der Waals surface area contributed by atoms with Crippen LogP contribution >= 0.6 is 11.3 Å². The molecular formula is C31H29F2N5O5S. The van der Waals surface area contributed by atoms with Gasteiger partial charge in [-0.3, -0.25) is 14.6 Å². The largest absolute Gasteiger partial charge is 0.421 e. The summed E-state index contributed by atoms with van der Waals surface area (Å²) in [6.45, 7) is 3.79. The lowest BCUT2D eigenvalue weighted by atomic mass is 9.95. The van der Waals surface area contributed by atoms with Crippen molar-refractivity contribution in [3.63, 3.8) is 0 Å². The number of hydrogen-bond acceptors (Lipinski definition) is 9. The molecule has 0 aliphatic carbocycles. The van der Waals surface area contributed by atoms with E-state index in [2.05, 4.69) is 15.5 Å². The fourth-order valence-electron chi connectivity index (χ4n) is 6.08. The topological polar surface area (TPSA) is 120 Å². The molecular weight excluding hydrogens is 592 g/mol. The molecule has 2 fully saturated rings. The van der Waals surface area contributed by atoms with Crippen LogP contribution in [0.15, 0.2) is 34.7 Å². The van der Waals surface area contributed by atoms with Crippen molar-refractivity contribution >= 4 is 23.2 Å². The summed E-state index contributed by atoms with van der Waals surface area (Å²) in [6, 6.07) is 6.83. The second-order valence-corrected chi connectivity index (χ2v) is 12.2. The Bertz CT molecular complexity index is 1750. The van der Waals surface area contributed by atoms with Gasteiger partial charge in [0.25, 0.3) is 11.8 Å². The van der Waals surface area contributed by atoms with E-state index in [0.717, 1.165) is 37.8 Å². The summed E-state index contributed by atoms with van der Waals surface area (Å²) < 4.78 is 44.7. The molecule has 0 bridgehead atoms. The quantitative estimate of drug-likeness (QED) is 0.279. The zero-order valence-electron chi connectivity index (χ0n) is 23.9. The lowest BCUT2D eigenvalue weighted by molar-refractivity contribution is -0.0398. The summed E-state index contributed by atoms with van der Waals surface area (Å²) in [5, 5.41) is 11.1. The van der Waals surface area contributed by atoms with Crippen molar-refractivity contribution in [3.05, 3.63) is 75.2 Å². The first kappa shape index (κ1) is 28.7. The van der Waals surface area contributed by atoms with Crippen molar-refractivity contribution in [1.82, 2.24) is 25.4 Å². The van der Waals surface area contributed by atoms with Crippen LogP contribution in [0.25, 0.3) is 21.9 Å². The predicted octanol–water partition coefficient (Wildman–Crippen LogP) is 5.36. The normalized spacial score (nSPS) is 18.1. The van der Waals surface area contributed by atoms with Gasteiger partial charge >= 0.3 is 0 Å². The molecule has 7 rings (SSSR count). The molecule has 44 heavy (non-hydrogen) atoms. The van der Waals surface area contributed by atoms with Gasteiger partial charge in [0, 0.05) is 43.7 Å². The lowest BCUT2D eigenvalue weighted by Crippen LogP contribution is -2.23.